The number of piperidine rings is 1. The predicted molar refractivity (Wildman–Crippen MR) is 79.6 cm³/mol. The summed E-state index contributed by atoms with van der Waals surface area (Å²) in [5.74, 6) is 0.580. The van der Waals surface area contributed by atoms with E-state index in [0.717, 1.165) is 31.5 Å². The van der Waals surface area contributed by atoms with Crippen LogP contribution in [0.4, 0.5) is 0 Å². The van der Waals surface area contributed by atoms with Crippen LogP contribution < -0.4 is 4.74 Å². The van der Waals surface area contributed by atoms with E-state index in [1.54, 1.807) is 6.07 Å². The van der Waals surface area contributed by atoms with E-state index in [2.05, 4.69) is 11.9 Å². The van der Waals surface area contributed by atoms with Gasteiger partial charge in [-0.15, -0.1) is 0 Å². The maximum atomic E-state index is 10.1. The molecular formula is C15H22ClNO3. The first-order valence-corrected chi connectivity index (χ1v) is 7.39. The third-order valence-electron chi connectivity index (χ3n) is 3.78. The van der Waals surface area contributed by atoms with Gasteiger partial charge < -0.3 is 19.8 Å². The Morgan fingerprint density at radius 2 is 2.20 bits per heavy atom. The van der Waals surface area contributed by atoms with Crippen molar-refractivity contribution in [1.82, 2.24) is 4.90 Å². The Balaban J connectivity index is 2.16. The Labute approximate surface area is 124 Å². The average molecular weight is 300 g/mol. The highest BCUT2D eigenvalue weighted by Gasteiger charge is 2.26. The molecule has 0 bridgehead atoms. The molecule has 1 aliphatic rings. The molecule has 5 heteroatoms. The molecule has 0 radical (unpaired) electrons. The van der Waals surface area contributed by atoms with Crippen LogP contribution in [-0.4, -0.2) is 48.0 Å². The number of likely N-dealkylation sites (tertiary alicyclic amines) is 1. The number of aliphatic hydroxyl groups is 1. The summed E-state index contributed by atoms with van der Waals surface area (Å²) in [6.45, 7) is 4.13. The zero-order valence-corrected chi connectivity index (χ0v) is 12.7. The molecule has 2 unspecified atom stereocenters. The highest BCUT2D eigenvalue weighted by Crippen LogP contribution is 2.36. The fourth-order valence-electron chi connectivity index (χ4n) is 2.72. The van der Waals surface area contributed by atoms with Crippen molar-refractivity contribution in [3.63, 3.8) is 0 Å². The molecule has 0 amide bonds. The molecule has 1 saturated heterocycles. The van der Waals surface area contributed by atoms with Crippen molar-refractivity contribution < 1.29 is 14.9 Å². The van der Waals surface area contributed by atoms with Gasteiger partial charge >= 0.3 is 0 Å². The van der Waals surface area contributed by atoms with Crippen LogP contribution in [0.25, 0.3) is 0 Å². The van der Waals surface area contributed by atoms with Crippen molar-refractivity contribution >= 4 is 11.6 Å². The van der Waals surface area contributed by atoms with Crippen LogP contribution in [0, 0.1) is 5.92 Å². The number of nitrogens with zero attached hydrogens (tertiary/aromatic N) is 1. The molecule has 4 nitrogen and oxygen atoms in total. The summed E-state index contributed by atoms with van der Waals surface area (Å²) in [4.78, 5) is 2.23. The molecule has 1 fully saturated rings. The maximum Gasteiger partial charge on any atom is 0.176 e. The summed E-state index contributed by atoms with van der Waals surface area (Å²) in [7, 11) is 2.06. The van der Waals surface area contributed by atoms with E-state index in [-0.39, 0.29) is 17.8 Å². The van der Waals surface area contributed by atoms with E-state index in [0.29, 0.717) is 17.4 Å². The number of aromatic hydroxyl groups is 1. The quantitative estimate of drug-likeness (QED) is 0.896. The smallest absolute Gasteiger partial charge is 0.176 e. The second-order valence-electron chi connectivity index (χ2n) is 5.44. The van der Waals surface area contributed by atoms with Gasteiger partial charge in [-0.2, -0.15) is 0 Å². The van der Waals surface area contributed by atoms with Crippen LogP contribution in [0.15, 0.2) is 12.1 Å². The minimum Gasteiger partial charge on any atom is -0.503 e. The summed E-state index contributed by atoms with van der Waals surface area (Å²) < 4.78 is 5.39. The first-order valence-electron chi connectivity index (χ1n) is 7.02. The summed E-state index contributed by atoms with van der Waals surface area (Å²) in [5.41, 5.74) is 0.982. The molecule has 1 aliphatic heterocycles. The summed E-state index contributed by atoms with van der Waals surface area (Å²) in [5, 5.41) is 20.2. The molecule has 0 aromatic heterocycles. The fraction of sp³-hybridized carbons (Fsp3) is 0.600. The van der Waals surface area contributed by atoms with E-state index in [1.807, 2.05) is 13.0 Å². The SMILES string of the molecule is CCOc1cc(CC2CN(C)CCC2O)cc(Cl)c1O. The topological polar surface area (TPSA) is 52.9 Å². The Morgan fingerprint density at radius 1 is 1.45 bits per heavy atom. The van der Waals surface area contributed by atoms with Crippen molar-refractivity contribution in [2.45, 2.75) is 25.9 Å². The summed E-state index contributed by atoms with van der Waals surface area (Å²) in [6, 6.07) is 3.56. The number of aliphatic hydroxyl groups excluding tert-OH is 1. The molecular weight excluding hydrogens is 278 g/mol. The second kappa shape index (κ2) is 6.66. The third kappa shape index (κ3) is 3.57. The Bertz CT molecular complexity index is 467. The normalized spacial score (nSPS) is 23.8. The Hall–Kier alpha value is -0.970. The van der Waals surface area contributed by atoms with E-state index >= 15 is 0 Å². The number of hydrogen-bond acceptors (Lipinski definition) is 4. The molecule has 2 rings (SSSR count). The number of rotatable bonds is 4. The standard InChI is InChI=1S/C15H22ClNO3/c1-3-20-14-8-10(7-12(16)15(14)19)6-11-9-17(2)5-4-13(11)18/h7-8,11,13,18-19H,3-6,9H2,1-2H3. The van der Waals surface area contributed by atoms with Crippen molar-refractivity contribution in [1.29, 1.82) is 0 Å². The highest BCUT2D eigenvalue weighted by molar-refractivity contribution is 6.32. The number of ether oxygens (including phenoxy) is 1. The summed E-state index contributed by atoms with van der Waals surface area (Å²) in [6.07, 6.45) is 1.24. The summed E-state index contributed by atoms with van der Waals surface area (Å²) >= 11 is 6.03. The van der Waals surface area contributed by atoms with E-state index in [4.69, 9.17) is 16.3 Å². The Kier molecular flexibility index (Phi) is 5.13. The molecule has 2 N–H and O–H groups in total. The molecule has 1 aromatic rings. The number of phenols is 1. The molecule has 1 aromatic carbocycles. The molecule has 1 heterocycles. The lowest BCUT2D eigenvalue weighted by Gasteiger charge is -2.34. The minimum atomic E-state index is -0.283. The molecule has 0 spiro atoms. The van der Waals surface area contributed by atoms with Gasteiger partial charge in [0.1, 0.15) is 0 Å². The largest absolute Gasteiger partial charge is 0.503 e. The predicted octanol–water partition coefficient (Wildman–Crippen LogP) is 2.30. The lowest BCUT2D eigenvalue weighted by atomic mass is 9.89. The van der Waals surface area contributed by atoms with Gasteiger partial charge in [0.05, 0.1) is 17.7 Å². The van der Waals surface area contributed by atoms with Crippen LogP contribution in [0.3, 0.4) is 0 Å². The van der Waals surface area contributed by atoms with Gasteiger partial charge in [-0.25, -0.2) is 0 Å². The number of halogens is 1. The zero-order valence-electron chi connectivity index (χ0n) is 12.0. The number of benzene rings is 1. The first kappa shape index (κ1) is 15.4. The number of hydrogen-bond donors (Lipinski definition) is 2. The second-order valence-corrected chi connectivity index (χ2v) is 5.85. The molecule has 20 heavy (non-hydrogen) atoms. The van der Waals surface area contributed by atoms with Gasteiger partial charge in [0.2, 0.25) is 0 Å². The van der Waals surface area contributed by atoms with Crippen LogP contribution in [0.2, 0.25) is 5.02 Å². The van der Waals surface area contributed by atoms with E-state index < -0.39 is 0 Å². The van der Waals surface area contributed by atoms with E-state index in [9.17, 15) is 10.2 Å². The van der Waals surface area contributed by atoms with Gasteiger partial charge in [0.25, 0.3) is 0 Å². The van der Waals surface area contributed by atoms with Crippen LogP contribution in [-0.2, 0) is 6.42 Å². The lowest BCUT2D eigenvalue weighted by Crippen LogP contribution is -2.41. The maximum absolute atomic E-state index is 10.1. The van der Waals surface area contributed by atoms with Crippen LogP contribution >= 0.6 is 11.6 Å². The van der Waals surface area contributed by atoms with Crippen molar-refractivity contribution in [3.05, 3.63) is 22.7 Å². The molecule has 0 aliphatic carbocycles. The van der Waals surface area contributed by atoms with Crippen molar-refractivity contribution in [2.24, 2.45) is 5.92 Å². The monoisotopic (exact) mass is 299 g/mol. The van der Waals surface area contributed by atoms with Gasteiger partial charge in [-0.05, 0) is 44.5 Å². The minimum absolute atomic E-state index is 0.0152. The van der Waals surface area contributed by atoms with Crippen molar-refractivity contribution in [3.8, 4) is 11.5 Å². The molecule has 112 valence electrons. The lowest BCUT2D eigenvalue weighted by molar-refractivity contribution is 0.0366. The van der Waals surface area contributed by atoms with Crippen LogP contribution in [0.5, 0.6) is 11.5 Å². The van der Waals surface area contributed by atoms with Gasteiger partial charge in [-0.3, -0.25) is 0 Å². The van der Waals surface area contributed by atoms with Gasteiger partial charge in [-0.1, -0.05) is 11.6 Å². The van der Waals surface area contributed by atoms with Crippen molar-refractivity contribution in [2.75, 3.05) is 26.7 Å². The first-order chi connectivity index (χ1) is 9.51. The number of phenolic OH excluding ortho intramolecular Hbond substituents is 1. The zero-order chi connectivity index (χ0) is 14.7. The fourth-order valence-corrected chi connectivity index (χ4v) is 2.95. The van der Waals surface area contributed by atoms with Crippen LogP contribution in [0.1, 0.15) is 18.9 Å². The Morgan fingerprint density at radius 3 is 2.90 bits per heavy atom. The van der Waals surface area contributed by atoms with Gasteiger partial charge in [0, 0.05) is 19.0 Å². The highest BCUT2D eigenvalue weighted by atomic mass is 35.5. The van der Waals surface area contributed by atoms with E-state index in [1.165, 1.54) is 0 Å². The molecule has 2 atom stereocenters. The average Bonchev–Trinajstić information content (AvgIpc) is 2.40. The molecule has 0 saturated carbocycles. The third-order valence-corrected chi connectivity index (χ3v) is 4.07. The van der Waals surface area contributed by atoms with Gasteiger partial charge in [0.15, 0.2) is 11.5 Å².